The Bertz CT molecular complexity index is 978. The molecular weight excluding hydrogens is 355 g/mol. The number of carbonyl (C=O) groups is 1. The van der Waals surface area contributed by atoms with Crippen molar-refractivity contribution in [1.29, 1.82) is 0 Å². The summed E-state index contributed by atoms with van der Waals surface area (Å²) in [7, 11) is 0. The first-order chi connectivity index (χ1) is 12.4. The second-order valence-corrected chi connectivity index (χ2v) is 6.14. The van der Waals surface area contributed by atoms with Crippen molar-refractivity contribution < 1.29 is 9.18 Å². The number of Topliss-reactive ketones (excluding diaryl/α,β-unsaturated/α-hetero) is 1. The predicted molar refractivity (Wildman–Crippen MR) is 101 cm³/mol. The largest absolute Gasteiger partial charge is 0.340 e. The quantitative estimate of drug-likeness (QED) is 0.599. The van der Waals surface area contributed by atoms with Gasteiger partial charge in [0.05, 0.1) is 5.02 Å². The number of rotatable bonds is 5. The molecule has 0 atom stereocenters. The van der Waals surface area contributed by atoms with Gasteiger partial charge in [0.1, 0.15) is 11.6 Å². The van der Waals surface area contributed by atoms with Gasteiger partial charge >= 0.3 is 0 Å². The molecule has 0 aliphatic heterocycles. The molecule has 5 nitrogen and oxygen atoms in total. The topological polar surface area (TPSA) is 66.9 Å². The van der Waals surface area contributed by atoms with Crippen LogP contribution in [0.5, 0.6) is 0 Å². The van der Waals surface area contributed by atoms with Gasteiger partial charge < -0.3 is 10.6 Å². The molecule has 3 rings (SSSR count). The second-order valence-electron chi connectivity index (χ2n) is 5.73. The third-order valence-electron chi connectivity index (χ3n) is 3.57. The summed E-state index contributed by atoms with van der Waals surface area (Å²) >= 11 is 5.80. The summed E-state index contributed by atoms with van der Waals surface area (Å²) in [5.74, 6) is 0.407. The number of hydrogen-bond donors (Lipinski definition) is 2. The van der Waals surface area contributed by atoms with Gasteiger partial charge in [-0.15, -0.1) is 0 Å². The summed E-state index contributed by atoms with van der Waals surface area (Å²) in [4.78, 5) is 20.2. The molecule has 0 spiro atoms. The second kappa shape index (κ2) is 7.49. The zero-order chi connectivity index (χ0) is 18.7. The van der Waals surface area contributed by atoms with E-state index in [0.29, 0.717) is 28.7 Å². The molecule has 0 radical (unpaired) electrons. The average molecular weight is 371 g/mol. The molecule has 2 aromatic carbocycles. The van der Waals surface area contributed by atoms with E-state index >= 15 is 0 Å². The molecule has 0 aliphatic rings. The van der Waals surface area contributed by atoms with E-state index in [-0.39, 0.29) is 10.8 Å². The number of benzene rings is 2. The van der Waals surface area contributed by atoms with Crippen LogP contribution >= 0.6 is 11.6 Å². The Morgan fingerprint density at radius 2 is 1.81 bits per heavy atom. The number of aryl methyl sites for hydroxylation is 1. The molecule has 2 N–H and O–H groups in total. The molecule has 7 heteroatoms. The van der Waals surface area contributed by atoms with Crippen LogP contribution in [0.25, 0.3) is 0 Å². The Morgan fingerprint density at radius 3 is 2.54 bits per heavy atom. The summed E-state index contributed by atoms with van der Waals surface area (Å²) < 4.78 is 13.3. The molecule has 3 aromatic rings. The standard InChI is InChI=1S/C19H16ClFN4O/c1-11-8-18(23-15-6-7-17(21)16(20)10-15)25-19(22-11)24-14-5-3-4-13(9-14)12(2)26/h3-10H,1-2H3,(H2,22,23,24,25). The fourth-order valence-corrected chi connectivity index (χ4v) is 2.54. The van der Waals surface area contributed by atoms with Gasteiger partial charge in [-0.3, -0.25) is 4.79 Å². The van der Waals surface area contributed by atoms with E-state index in [0.717, 1.165) is 5.69 Å². The highest BCUT2D eigenvalue weighted by Gasteiger charge is 2.07. The number of nitrogens with one attached hydrogen (secondary N) is 2. The number of hydrogen-bond acceptors (Lipinski definition) is 5. The van der Waals surface area contributed by atoms with E-state index in [4.69, 9.17) is 11.6 Å². The van der Waals surface area contributed by atoms with Gasteiger partial charge in [0.15, 0.2) is 5.78 Å². The molecule has 0 bridgehead atoms. The van der Waals surface area contributed by atoms with Crippen LogP contribution in [0.4, 0.5) is 27.5 Å². The van der Waals surface area contributed by atoms with Crippen LogP contribution in [0, 0.1) is 12.7 Å². The monoisotopic (exact) mass is 370 g/mol. The molecule has 0 saturated heterocycles. The highest BCUT2D eigenvalue weighted by Crippen LogP contribution is 2.23. The molecule has 0 amide bonds. The fraction of sp³-hybridized carbons (Fsp3) is 0.105. The zero-order valence-corrected chi connectivity index (χ0v) is 14.9. The predicted octanol–water partition coefficient (Wildman–Crippen LogP) is 5.27. The molecule has 1 aromatic heterocycles. The SMILES string of the molecule is CC(=O)c1cccc(Nc2nc(C)cc(Nc3ccc(F)c(Cl)c3)n2)c1. The summed E-state index contributed by atoms with van der Waals surface area (Å²) in [5, 5.41) is 6.19. The molecule has 132 valence electrons. The van der Waals surface area contributed by atoms with Gasteiger partial charge in [-0.05, 0) is 44.2 Å². The first kappa shape index (κ1) is 17.8. The Kier molecular flexibility index (Phi) is 5.14. The normalized spacial score (nSPS) is 10.5. The molecule has 0 aliphatic carbocycles. The summed E-state index contributed by atoms with van der Waals surface area (Å²) in [6.07, 6.45) is 0. The molecule has 1 heterocycles. The maximum absolute atomic E-state index is 13.3. The van der Waals surface area contributed by atoms with Gasteiger partial charge in [-0.25, -0.2) is 9.37 Å². The minimum Gasteiger partial charge on any atom is -0.340 e. The maximum Gasteiger partial charge on any atom is 0.229 e. The van der Waals surface area contributed by atoms with E-state index in [1.807, 2.05) is 13.0 Å². The highest BCUT2D eigenvalue weighted by atomic mass is 35.5. The molecule has 0 unspecified atom stereocenters. The van der Waals surface area contributed by atoms with E-state index in [1.165, 1.54) is 19.1 Å². The lowest BCUT2D eigenvalue weighted by molar-refractivity contribution is 0.101. The van der Waals surface area contributed by atoms with Crippen molar-refractivity contribution in [3.05, 3.63) is 70.6 Å². The number of anilines is 4. The van der Waals surface area contributed by atoms with Crippen LogP contribution in [0.1, 0.15) is 23.0 Å². The van der Waals surface area contributed by atoms with Crippen LogP contribution in [0.3, 0.4) is 0 Å². The van der Waals surface area contributed by atoms with Gasteiger partial charge in [-0.2, -0.15) is 4.98 Å². The van der Waals surface area contributed by atoms with Crippen LogP contribution in [-0.2, 0) is 0 Å². The Balaban J connectivity index is 1.84. The minimum absolute atomic E-state index is 0.0191. The van der Waals surface area contributed by atoms with Crippen molar-refractivity contribution in [3.63, 3.8) is 0 Å². The first-order valence-corrected chi connectivity index (χ1v) is 8.24. The Morgan fingerprint density at radius 1 is 1.04 bits per heavy atom. The van der Waals surface area contributed by atoms with E-state index < -0.39 is 5.82 Å². The third kappa shape index (κ3) is 4.34. The fourth-order valence-electron chi connectivity index (χ4n) is 2.36. The number of nitrogens with zero attached hydrogens (tertiary/aromatic N) is 2. The van der Waals surface area contributed by atoms with Crippen molar-refractivity contribution in [3.8, 4) is 0 Å². The highest BCUT2D eigenvalue weighted by molar-refractivity contribution is 6.31. The summed E-state index contributed by atoms with van der Waals surface area (Å²) in [6, 6.07) is 13.2. The minimum atomic E-state index is -0.483. The van der Waals surface area contributed by atoms with Crippen LogP contribution in [0.15, 0.2) is 48.5 Å². The Labute approximate surface area is 155 Å². The van der Waals surface area contributed by atoms with Gasteiger partial charge in [0.25, 0.3) is 0 Å². The summed E-state index contributed by atoms with van der Waals surface area (Å²) in [6.45, 7) is 3.35. The smallest absolute Gasteiger partial charge is 0.229 e. The third-order valence-corrected chi connectivity index (χ3v) is 3.86. The van der Waals surface area contributed by atoms with E-state index in [1.54, 1.807) is 30.3 Å². The van der Waals surface area contributed by atoms with Crippen molar-refractivity contribution in [2.75, 3.05) is 10.6 Å². The van der Waals surface area contributed by atoms with Crippen molar-refractivity contribution in [1.82, 2.24) is 9.97 Å². The average Bonchev–Trinajstić information content (AvgIpc) is 2.58. The van der Waals surface area contributed by atoms with Crippen molar-refractivity contribution in [2.24, 2.45) is 0 Å². The van der Waals surface area contributed by atoms with Crippen molar-refractivity contribution >= 4 is 40.5 Å². The Hall–Kier alpha value is -2.99. The number of carbonyl (C=O) groups excluding carboxylic acids is 1. The molecule has 26 heavy (non-hydrogen) atoms. The lowest BCUT2D eigenvalue weighted by Gasteiger charge is -2.11. The number of aromatic nitrogens is 2. The first-order valence-electron chi connectivity index (χ1n) is 7.86. The van der Waals surface area contributed by atoms with Crippen LogP contribution in [-0.4, -0.2) is 15.8 Å². The van der Waals surface area contributed by atoms with E-state index in [2.05, 4.69) is 20.6 Å². The van der Waals surface area contributed by atoms with Crippen molar-refractivity contribution in [2.45, 2.75) is 13.8 Å². The van der Waals surface area contributed by atoms with Crippen LogP contribution < -0.4 is 10.6 Å². The maximum atomic E-state index is 13.3. The number of halogens is 2. The van der Waals surface area contributed by atoms with Gasteiger partial charge in [0, 0.05) is 28.7 Å². The molecule has 0 saturated carbocycles. The van der Waals surface area contributed by atoms with Gasteiger partial charge in [0.2, 0.25) is 5.95 Å². The van der Waals surface area contributed by atoms with Crippen LogP contribution in [0.2, 0.25) is 5.02 Å². The van der Waals surface area contributed by atoms with Gasteiger partial charge in [-0.1, -0.05) is 23.7 Å². The van der Waals surface area contributed by atoms with E-state index in [9.17, 15) is 9.18 Å². The summed E-state index contributed by atoms with van der Waals surface area (Å²) in [5.41, 5.74) is 2.65. The molecule has 0 fully saturated rings. The molecular formula is C19H16ClFN4O. The zero-order valence-electron chi connectivity index (χ0n) is 14.2. The lowest BCUT2D eigenvalue weighted by atomic mass is 10.1. The lowest BCUT2D eigenvalue weighted by Crippen LogP contribution is -2.03. The number of ketones is 1.